The van der Waals surface area contributed by atoms with Crippen LogP contribution >= 0.6 is 23.5 Å². The first-order valence-electron chi connectivity index (χ1n) is 6.98. The molecule has 2 atom stereocenters. The van der Waals surface area contributed by atoms with Gasteiger partial charge in [-0.3, -0.25) is 24.8 Å². The molecule has 12 heteroatoms. The van der Waals surface area contributed by atoms with Gasteiger partial charge in [0, 0.05) is 0 Å². The van der Waals surface area contributed by atoms with Crippen molar-refractivity contribution in [2.24, 2.45) is 11.5 Å². The van der Waals surface area contributed by atoms with E-state index >= 15 is 0 Å². The van der Waals surface area contributed by atoms with Gasteiger partial charge in [0.2, 0.25) is 5.91 Å². The van der Waals surface area contributed by atoms with Crippen LogP contribution in [0.2, 0.25) is 0 Å². The number of thioether (sulfide) groups is 2. The summed E-state index contributed by atoms with van der Waals surface area (Å²) in [5.41, 5.74) is 13.4. The summed E-state index contributed by atoms with van der Waals surface area (Å²) in [7, 11) is 0. The van der Waals surface area contributed by atoms with Gasteiger partial charge in [-0.1, -0.05) is 0 Å². The highest BCUT2D eigenvalue weighted by molar-refractivity contribution is 7.98. The zero-order valence-electron chi connectivity index (χ0n) is 13.8. The van der Waals surface area contributed by atoms with Gasteiger partial charge in [0.1, 0.15) is 6.04 Å². The van der Waals surface area contributed by atoms with Crippen LogP contribution in [0.15, 0.2) is 0 Å². The lowest BCUT2D eigenvalue weighted by molar-refractivity contribution is -0.134. The minimum absolute atomic E-state index is 0.172. The van der Waals surface area contributed by atoms with Crippen molar-refractivity contribution in [2.45, 2.75) is 24.9 Å². The molecule has 0 aromatic heterocycles. The molecule has 9 N–H and O–H groups in total. The molecule has 142 valence electrons. The Morgan fingerprint density at radius 1 is 1.00 bits per heavy atom. The van der Waals surface area contributed by atoms with E-state index in [-0.39, 0.29) is 6.54 Å². The van der Waals surface area contributed by atoms with Gasteiger partial charge in [0.15, 0.2) is 0 Å². The molecule has 0 saturated heterocycles. The van der Waals surface area contributed by atoms with Gasteiger partial charge in [-0.25, -0.2) is 11.0 Å². The van der Waals surface area contributed by atoms with Gasteiger partial charge in [0.25, 0.3) is 11.8 Å². The quantitative estimate of drug-likeness (QED) is 0.170. The molecule has 0 spiro atoms. The zero-order chi connectivity index (χ0) is 19.0. The van der Waals surface area contributed by atoms with E-state index in [0.29, 0.717) is 18.6 Å². The summed E-state index contributed by atoms with van der Waals surface area (Å²) in [4.78, 5) is 32.5. The highest BCUT2D eigenvalue weighted by atomic mass is 32.2. The zero-order valence-corrected chi connectivity index (χ0v) is 15.4. The van der Waals surface area contributed by atoms with E-state index in [0.717, 1.165) is 5.75 Å². The molecule has 0 heterocycles. The SMILES string of the molecule is CSCCC(N)C(=O)NO.CSCCC(NC(=O)CN)C(=O)NO. The molecule has 24 heavy (non-hydrogen) atoms. The molecule has 0 aliphatic carbocycles. The van der Waals surface area contributed by atoms with E-state index < -0.39 is 29.8 Å². The molecule has 0 aliphatic heterocycles. The smallest absolute Gasteiger partial charge is 0.265 e. The van der Waals surface area contributed by atoms with E-state index in [1.807, 2.05) is 12.5 Å². The van der Waals surface area contributed by atoms with Crippen LogP contribution in [0, 0.1) is 0 Å². The number of amides is 3. The molecule has 0 bridgehead atoms. The first-order chi connectivity index (χ1) is 11.4. The number of nitrogens with two attached hydrogens (primary N) is 2. The Balaban J connectivity index is 0. The Morgan fingerprint density at radius 3 is 1.92 bits per heavy atom. The van der Waals surface area contributed by atoms with Crippen molar-refractivity contribution >= 4 is 41.2 Å². The normalized spacial score (nSPS) is 12.2. The van der Waals surface area contributed by atoms with Crippen LogP contribution < -0.4 is 27.7 Å². The molecule has 10 nitrogen and oxygen atoms in total. The molecule has 0 aliphatic rings. The monoisotopic (exact) mass is 385 g/mol. The van der Waals surface area contributed by atoms with Crippen molar-refractivity contribution in [1.82, 2.24) is 16.3 Å². The number of hydroxylamine groups is 2. The Labute approximate surface area is 149 Å². The fraction of sp³-hybridized carbons (Fsp3) is 0.750. The van der Waals surface area contributed by atoms with Gasteiger partial charge in [0.05, 0.1) is 12.6 Å². The maximum atomic E-state index is 11.0. The second-order valence-corrected chi connectivity index (χ2v) is 6.42. The van der Waals surface area contributed by atoms with Crippen molar-refractivity contribution in [3.63, 3.8) is 0 Å². The van der Waals surface area contributed by atoms with Gasteiger partial charge in [-0.05, 0) is 36.9 Å². The van der Waals surface area contributed by atoms with Crippen LogP contribution in [0.1, 0.15) is 12.8 Å². The molecule has 0 fully saturated rings. The molecule has 0 aromatic rings. The topological polar surface area (TPSA) is 180 Å². The van der Waals surface area contributed by atoms with Gasteiger partial charge >= 0.3 is 0 Å². The van der Waals surface area contributed by atoms with Crippen LogP contribution in [0.5, 0.6) is 0 Å². The number of carbonyl (C=O) groups excluding carboxylic acids is 3. The highest BCUT2D eigenvalue weighted by Gasteiger charge is 2.18. The van der Waals surface area contributed by atoms with E-state index in [1.54, 1.807) is 23.5 Å². The lowest BCUT2D eigenvalue weighted by Gasteiger charge is -2.15. The number of nitrogens with one attached hydrogen (secondary N) is 3. The summed E-state index contributed by atoms with van der Waals surface area (Å²) in [5, 5.41) is 18.9. The maximum Gasteiger partial charge on any atom is 0.265 e. The predicted molar refractivity (Wildman–Crippen MR) is 94.8 cm³/mol. The molecule has 0 rings (SSSR count). The fourth-order valence-electron chi connectivity index (χ4n) is 1.29. The highest BCUT2D eigenvalue weighted by Crippen LogP contribution is 2.00. The molecular formula is C12H27N5O5S2. The number of carbonyl (C=O) groups is 3. The maximum absolute atomic E-state index is 11.0. The summed E-state index contributed by atoms with van der Waals surface area (Å²) in [6.07, 6.45) is 4.87. The third kappa shape index (κ3) is 13.4. The number of hydrogen-bond acceptors (Lipinski definition) is 9. The van der Waals surface area contributed by atoms with Crippen molar-refractivity contribution in [3.8, 4) is 0 Å². The molecular weight excluding hydrogens is 358 g/mol. The minimum Gasteiger partial charge on any atom is -0.343 e. The standard InChI is InChI=1S/C7H15N3O3S.C5H12N2O2S/c1-14-3-2-5(7(12)10-13)9-6(11)4-8;1-10-3-2-4(6)5(8)7-9/h5,13H,2-4,8H2,1H3,(H,9,11)(H,10,12);4,9H,2-3,6H2,1H3,(H,7,8). The lowest BCUT2D eigenvalue weighted by Crippen LogP contribution is -2.48. The van der Waals surface area contributed by atoms with Gasteiger partial charge in [-0.2, -0.15) is 23.5 Å². The summed E-state index contributed by atoms with van der Waals surface area (Å²) < 4.78 is 0. The third-order valence-corrected chi connectivity index (χ3v) is 3.93. The second kappa shape index (κ2) is 16.8. The number of hydrogen-bond donors (Lipinski definition) is 7. The summed E-state index contributed by atoms with van der Waals surface area (Å²) in [5.74, 6) is -0.0213. The second-order valence-electron chi connectivity index (χ2n) is 4.45. The van der Waals surface area contributed by atoms with Crippen LogP contribution in [-0.4, -0.2) is 70.8 Å². The summed E-state index contributed by atoms with van der Waals surface area (Å²) in [6.45, 7) is -0.172. The van der Waals surface area contributed by atoms with Crippen LogP contribution in [0.25, 0.3) is 0 Å². The Hall–Kier alpha value is -1.05. The van der Waals surface area contributed by atoms with Crippen LogP contribution in [-0.2, 0) is 14.4 Å². The summed E-state index contributed by atoms with van der Waals surface area (Å²) >= 11 is 3.16. The average molecular weight is 386 g/mol. The fourth-order valence-corrected chi connectivity index (χ4v) is 2.26. The Morgan fingerprint density at radius 2 is 1.50 bits per heavy atom. The van der Waals surface area contributed by atoms with Crippen molar-refractivity contribution in [2.75, 3.05) is 30.6 Å². The first-order valence-corrected chi connectivity index (χ1v) is 9.77. The van der Waals surface area contributed by atoms with E-state index in [9.17, 15) is 14.4 Å². The predicted octanol–water partition coefficient (Wildman–Crippen LogP) is -1.74. The first kappa shape index (κ1) is 25.2. The van der Waals surface area contributed by atoms with Crippen molar-refractivity contribution in [3.05, 3.63) is 0 Å². The van der Waals surface area contributed by atoms with Crippen molar-refractivity contribution < 1.29 is 24.8 Å². The summed E-state index contributed by atoms with van der Waals surface area (Å²) in [6, 6.07) is -1.30. The lowest BCUT2D eigenvalue weighted by atomic mass is 10.2. The Kier molecular flexibility index (Phi) is 17.6. The van der Waals surface area contributed by atoms with Gasteiger partial charge in [-0.15, -0.1) is 0 Å². The molecule has 2 unspecified atom stereocenters. The van der Waals surface area contributed by atoms with E-state index in [2.05, 4.69) is 5.32 Å². The van der Waals surface area contributed by atoms with E-state index in [1.165, 1.54) is 11.0 Å². The van der Waals surface area contributed by atoms with Crippen molar-refractivity contribution in [1.29, 1.82) is 0 Å². The van der Waals surface area contributed by atoms with E-state index in [4.69, 9.17) is 21.9 Å². The van der Waals surface area contributed by atoms with Crippen LogP contribution in [0.4, 0.5) is 0 Å². The third-order valence-electron chi connectivity index (χ3n) is 2.64. The molecule has 3 amide bonds. The Bertz CT molecular complexity index is 376. The molecule has 0 aromatic carbocycles. The van der Waals surface area contributed by atoms with Crippen LogP contribution in [0.3, 0.4) is 0 Å². The van der Waals surface area contributed by atoms with Gasteiger partial charge < -0.3 is 16.8 Å². The largest absolute Gasteiger partial charge is 0.343 e. The minimum atomic E-state index is -0.719. The molecule has 0 radical (unpaired) electrons. The average Bonchev–Trinajstić information content (AvgIpc) is 2.61. The molecule has 0 saturated carbocycles. The number of rotatable bonds is 10.